The van der Waals surface area contributed by atoms with Gasteiger partial charge >= 0.3 is 5.97 Å². The molecular weight excluding hydrogens is 340 g/mol. The number of hydrogen-bond acceptors (Lipinski definition) is 6. The summed E-state index contributed by atoms with van der Waals surface area (Å²) in [7, 11) is 1.32. The highest BCUT2D eigenvalue weighted by Gasteiger charge is 2.14. The van der Waals surface area contributed by atoms with Crippen LogP contribution in [0.4, 0.5) is 11.4 Å². The fraction of sp³-hybridized carbons (Fsp3) is 0.167. The number of anilines is 1. The molecule has 0 atom stereocenters. The smallest absolute Gasteiger partial charge is 0.337 e. The Balaban J connectivity index is 1.53. The van der Waals surface area contributed by atoms with E-state index < -0.39 is 5.97 Å². The summed E-state index contributed by atoms with van der Waals surface area (Å²) in [4.78, 5) is 27.9. The Kier molecular flexibility index (Phi) is 5.35. The van der Waals surface area contributed by atoms with Crippen LogP contribution in [0.5, 0.6) is 5.75 Å². The van der Waals surface area contributed by atoms with Crippen molar-refractivity contribution in [2.45, 2.75) is 0 Å². The van der Waals surface area contributed by atoms with E-state index in [1.54, 1.807) is 24.3 Å². The summed E-state index contributed by atoms with van der Waals surface area (Å²) in [5.74, 6) is 0.409. The third-order valence-electron chi connectivity index (χ3n) is 3.42. The van der Waals surface area contributed by atoms with E-state index in [9.17, 15) is 9.59 Å². The Morgan fingerprint density at radius 3 is 2.72 bits per heavy atom. The maximum Gasteiger partial charge on any atom is 0.337 e. The number of carbonyl (C=O) groups is 2. The minimum atomic E-state index is -0.413. The van der Waals surface area contributed by atoms with Crippen molar-refractivity contribution in [3.05, 3.63) is 54.1 Å². The second-order valence-corrected chi connectivity index (χ2v) is 6.22. The summed E-state index contributed by atoms with van der Waals surface area (Å²) in [6, 6.07) is 14.0. The second kappa shape index (κ2) is 7.85. The number of amides is 1. The fourth-order valence-electron chi connectivity index (χ4n) is 2.21. The molecule has 0 saturated heterocycles. The number of thioether (sulfide) groups is 1. The summed E-state index contributed by atoms with van der Waals surface area (Å²) in [6.07, 6.45) is 0. The normalized spacial score (nSPS) is 12.4. The van der Waals surface area contributed by atoms with Crippen molar-refractivity contribution in [2.75, 3.05) is 24.8 Å². The summed E-state index contributed by atoms with van der Waals surface area (Å²) in [5.41, 5.74) is 1.82. The molecule has 128 valence electrons. The number of nitrogens with one attached hydrogen (secondary N) is 1. The molecule has 0 aromatic heterocycles. The molecule has 1 N–H and O–H groups in total. The highest BCUT2D eigenvalue weighted by Crippen LogP contribution is 2.31. The number of ether oxygens (including phenoxy) is 2. The Bertz CT molecular complexity index is 818. The molecule has 7 heteroatoms. The number of esters is 1. The maximum atomic E-state index is 12.1. The molecular formula is C18H16N2O4S. The van der Waals surface area contributed by atoms with Gasteiger partial charge in [0.25, 0.3) is 0 Å². The van der Waals surface area contributed by atoms with E-state index in [1.165, 1.54) is 18.9 Å². The van der Waals surface area contributed by atoms with Gasteiger partial charge in [-0.25, -0.2) is 9.79 Å². The van der Waals surface area contributed by atoms with Crippen LogP contribution in [0.15, 0.2) is 53.5 Å². The van der Waals surface area contributed by atoms with E-state index in [0.717, 1.165) is 16.5 Å². The molecule has 6 nitrogen and oxygen atoms in total. The molecule has 1 aliphatic heterocycles. The summed E-state index contributed by atoms with van der Waals surface area (Å²) < 4.78 is 10.2. The molecule has 0 bridgehead atoms. The number of para-hydroxylation sites is 2. The van der Waals surface area contributed by atoms with E-state index in [4.69, 9.17) is 4.74 Å². The number of nitrogens with zero attached hydrogens (tertiary/aromatic N) is 1. The lowest BCUT2D eigenvalue weighted by atomic mass is 10.2. The Labute approximate surface area is 149 Å². The minimum absolute atomic E-state index is 0.155. The molecule has 0 saturated carbocycles. The van der Waals surface area contributed by atoms with Gasteiger partial charge in [0.2, 0.25) is 5.91 Å². The van der Waals surface area contributed by atoms with Crippen LogP contribution in [0.25, 0.3) is 0 Å². The van der Waals surface area contributed by atoms with Crippen LogP contribution in [0, 0.1) is 0 Å². The number of benzene rings is 2. The Morgan fingerprint density at radius 1 is 1.20 bits per heavy atom. The van der Waals surface area contributed by atoms with Crippen LogP contribution < -0.4 is 10.1 Å². The lowest BCUT2D eigenvalue weighted by Gasteiger charge is -2.16. The molecule has 3 rings (SSSR count). The first-order valence-electron chi connectivity index (χ1n) is 7.56. The van der Waals surface area contributed by atoms with Crippen LogP contribution in [0.1, 0.15) is 10.4 Å². The molecule has 2 aromatic carbocycles. The Hall–Kier alpha value is -2.80. The van der Waals surface area contributed by atoms with Crippen molar-refractivity contribution in [2.24, 2.45) is 4.99 Å². The summed E-state index contributed by atoms with van der Waals surface area (Å²) >= 11 is 1.34. The van der Waals surface area contributed by atoms with Crippen LogP contribution in [0.2, 0.25) is 0 Å². The van der Waals surface area contributed by atoms with Crippen LogP contribution >= 0.6 is 11.8 Å². The zero-order chi connectivity index (χ0) is 17.6. The van der Waals surface area contributed by atoms with E-state index in [0.29, 0.717) is 17.9 Å². The first kappa shape index (κ1) is 17.0. The van der Waals surface area contributed by atoms with Gasteiger partial charge in [0.15, 0.2) is 0 Å². The first-order chi connectivity index (χ1) is 12.2. The minimum Gasteiger partial charge on any atom is -0.484 e. The standard InChI is InChI=1S/C18H16N2O4S/c1-23-18(22)12-6-8-13(9-7-12)19-16(21)11-25-17-10-24-15-5-3-2-4-14(15)20-17/h2-9H,10-11H2,1H3,(H,19,21). The number of hydrogen-bond donors (Lipinski definition) is 1. The van der Waals surface area contributed by atoms with Gasteiger partial charge < -0.3 is 14.8 Å². The molecule has 1 aliphatic rings. The van der Waals surface area contributed by atoms with Gasteiger partial charge in [-0.15, -0.1) is 0 Å². The Morgan fingerprint density at radius 2 is 1.96 bits per heavy atom. The molecule has 1 amide bonds. The predicted octanol–water partition coefficient (Wildman–Crippen LogP) is 3.27. The molecule has 0 unspecified atom stereocenters. The summed E-state index contributed by atoms with van der Waals surface area (Å²) in [5, 5.41) is 3.54. The first-order valence-corrected chi connectivity index (χ1v) is 8.54. The number of rotatable bonds is 4. The molecule has 2 aromatic rings. The lowest BCUT2D eigenvalue weighted by molar-refractivity contribution is -0.113. The van der Waals surface area contributed by atoms with E-state index in [2.05, 4.69) is 15.0 Å². The van der Waals surface area contributed by atoms with Crippen molar-refractivity contribution in [1.82, 2.24) is 0 Å². The van der Waals surface area contributed by atoms with Gasteiger partial charge in [-0.2, -0.15) is 0 Å². The van der Waals surface area contributed by atoms with E-state index in [1.807, 2.05) is 24.3 Å². The molecule has 0 radical (unpaired) electrons. The second-order valence-electron chi connectivity index (χ2n) is 5.17. The van der Waals surface area contributed by atoms with E-state index >= 15 is 0 Å². The topological polar surface area (TPSA) is 77.0 Å². The average molecular weight is 356 g/mol. The monoisotopic (exact) mass is 356 g/mol. The number of fused-ring (bicyclic) bond motifs is 1. The van der Waals surface area contributed by atoms with Crippen molar-refractivity contribution < 1.29 is 19.1 Å². The van der Waals surface area contributed by atoms with Gasteiger partial charge in [-0.3, -0.25) is 4.79 Å². The number of carbonyl (C=O) groups excluding carboxylic acids is 2. The van der Waals surface area contributed by atoms with Crippen molar-refractivity contribution in [3.8, 4) is 5.75 Å². The average Bonchev–Trinajstić information content (AvgIpc) is 2.66. The SMILES string of the molecule is COC(=O)c1ccc(NC(=O)CSC2=Nc3ccccc3OC2)cc1. The molecule has 0 aliphatic carbocycles. The molecule has 1 heterocycles. The van der Waals surface area contributed by atoms with Gasteiger partial charge in [-0.05, 0) is 36.4 Å². The van der Waals surface area contributed by atoms with Gasteiger partial charge in [-0.1, -0.05) is 23.9 Å². The summed E-state index contributed by atoms with van der Waals surface area (Å²) in [6.45, 7) is 0.364. The third-order valence-corrected chi connectivity index (χ3v) is 4.37. The quantitative estimate of drug-likeness (QED) is 0.851. The lowest BCUT2D eigenvalue weighted by Crippen LogP contribution is -2.18. The molecule has 0 spiro atoms. The third kappa shape index (κ3) is 4.39. The van der Waals surface area contributed by atoms with Crippen molar-refractivity contribution in [3.63, 3.8) is 0 Å². The fourth-order valence-corrected chi connectivity index (χ4v) is 2.88. The van der Waals surface area contributed by atoms with Gasteiger partial charge in [0.05, 0.1) is 18.4 Å². The van der Waals surface area contributed by atoms with Crippen LogP contribution in [-0.4, -0.2) is 36.4 Å². The van der Waals surface area contributed by atoms with Gasteiger partial charge in [0, 0.05) is 5.69 Å². The van der Waals surface area contributed by atoms with Gasteiger partial charge in [0.1, 0.15) is 23.1 Å². The van der Waals surface area contributed by atoms with Crippen LogP contribution in [0.3, 0.4) is 0 Å². The van der Waals surface area contributed by atoms with Crippen LogP contribution in [-0.2, 0) is 9.53 Å². The maximum absolute atomic E-state index is 12.1. The highest BCUT2D eigenvalue weighted by molar-refractivity contribution is 8.14. The van der Waals surface area contributed by atoms with E-state index in [-0.39, 0.29) is 11.7 Å². The highest BCUT2D eigenvalue weighted by atomic mass is 32.2. The number of aliphatic imine (C=N–C) groups is 1. The zero-order valence-electron chi connectivity index (χ0n) is 13.5. The molecule has 25 heavy (non-hydrogen) atoms. The van der Waals surface area contributed by atoms with Crippen molar-refractivity contribution in [1.29, 1.82) is 0 Å². The number of methoxy groups -OCH3 is 1. The zero-order valence-corrected chi connectivity index (χ0v) is 14.3. The predicted molar refractivity (Wildman–Crippen MR) is 97.9 cm³/mol. The largest absolute Gasteiger partial charge is 0.484 e. The van der Waals surface area contributed by atoms with Crippen molar-refractivity contribution >= 4 is 40.1 Å². The molecule has 0 fully saturated rings.